The first-order valence-corrected chi connectivity index (χ1v) is 8.91. The van der Waals surface area contributed by atoms with Gasteiger partial charge in [-0.15, -0.1) is 0 Å². The van der Waals surface area contributed by atoms with Gasteiger partial charge in [0.2, 0.25) is 0 Å². The van der Waals surface area contributed by atoms with Crippen molar-refractivity contribution >= 4 is 5.57 Å². The Balaban J connectivity index is 2.11. The van der Waals surface area contributed by atoms with Gasteiger partial charge in [-0.2, -0.15) is 0 Å². The fourth-order valence-corrected chi connectivity index (χ4v) is 3.57. The van der Waals surface area contributed by atoms with Crippen molar-refractivity contribution in [2.24, 2.45) is 0 Å². The van der Waals surface area contributed by atoms with Crippen LogP contribution >= 0.6 is 0 Å². The summed E-state index contributed by atoms with van der Waals surface area (Å²) in [6.07, 6.45) is 6.10. The van der Waals surface area contributed by atoms with Crippen molar-refractivity contribution in [3.63, 3.8) is 0 Å². The Bertz CT molecular complexity index is 736. The van der Waals surface area contributed by atoms with E-state index in [1.165, 1.54) is 36.0 Å². The lowest BCUT2D eigenvalue weighted by Crippen LogP contribution is -2.01. The monoisotopic (exact) mass is 338 g/mol. The summed E-state index contributed by atoms with van der Waals surface area (Å²) in [5, 5.41) is 9.32. The second-order valence-corrected chi connectivity index (χ2v) is 6.46. The van der Waals surface area contributed by atoms with Crippen LogP contribution < -0.4 is 9.47 Å². The Kier molecular flexibility index (Phi) is 5.77. The summed E-state index contributed by atoms with van der Waals surface area (Å²) in [5.74, 6) is 1.50. The van der Waals surface area contributed by atoms with Crippen LogP contribution in [0.4, 0.5) is 0 Å². The van der Waals surface area contributed by atoms with Crippen LogP contribution in [0.15, 0.2) is 48.0 Å². The van der Waals surface area contributed by atoms with Crippen molar-refractivity contribution < 1.29 is 14.6 Å². The number of ether oxygens (including phenoxy) is 2. The van der Waals surface area contributed by atoms with Crippen LogP contribution in [-0.2, 0) is 6.61 Å². The normalized spacial score (nSPS) is 14.3. The summed E-state index contributed by atoms with van der Waals surface area (Å²) in [5.41, 5.74) is 6.09. The van der Waals surface area contributed by atoms with Crippen molar-refractivity contribution in [3.05, 3.63) is 64.7 Å². The summed E-state index contributed by atoms with van der Waals surface area (Å²) in [6.45, 7) is 0.0720. The van der Waals surface area contributed by atoms with Crippen LogP contribution in [0.2, 0.25) is 0 Å². The first-order chi connectivity index (χ1) is 12.3. The lowest BCUT2D eigenvalue weighted by Gasteiger charge is -2.21. The zero-order valence-corrected chi connectivity index (χ0v) is 15.0. The number of hydrogen-bond donors (Lipinski definition) is 1. The zero-order valence-electron chi connectivity index (χ0n) is 15.0. The molecule has 2 aromatic rings. The SMILES string of the molecule is COc1ccc(C(=C2CCCCC2)c2ccc(CO)cc2)cc1OC. The third kappa shape index (κ3) is 3.88. The maximum Gasteiger partial charge on any atom is 0.161 e. The highest BCUT2D eigenvalue weighted by Crippen LogP contribution is 2.38. The Morgan fingerprint density at radius 1 is 0.840 bits per heavy atom. The molecule has 0 radical (unpaired) electrons. The minimum absolute atomic E-state index is 0.0720. The van der Waals surface area contributed by atoms with Gasteiger partial charge >= 0.3 is 0 Å². The third-order valence-corrected chi connectivity index (χ3v) is 4.91. The number of methoxy groups -OCH3 is 2. The number of aliphatic hydroxyl groups is 1. The molecule has 132 valence electrons. The molecule has 0 heterocycles. The van der Waals surface area contributed by atoms with Gasteiger partial charge in [0.1, 0.15) is 0 Å². The summed E-state index contributed by atoms with van der Waals surface area (Å²) >= 11 is 0. The minimum Gasteiger partial charge on any atom is -0.493 e. The van der Waals surface area contributed by atoms with Gasteiger partial charge in [-0.1, -0.05) is 42.3 Å². The number of allylic oxidation sites excluding steroid dienone is 1. The van der Waals surface area contributed by atoms with E-state index < -0.39 is 0 Å². The van der Waals surface area contributed by atoms with Crippen LogP contribution in [0.25, 0.3) is 5.57 Å². The van der Waals surface area contributed by atoms with Gasteiger partial charge in [0.25, 0.3) is 0 Å². The van der Waals surface area contributed by atoms with E-state index in [-0.39, 0.29) is 6.61 Å². The fraction of sp³-hybridized carbons (Fsp3) is 0.364. The second kappa shape index (κ2) is 8.21. The first kappa shape index (κ1) is 17.6. The lowest BCUT2D eigenvalue weighted by atomic mass is 9.85. The van der Waals surface area contributed by atoms with E-state index >= 15 is 0 Å². The molecule has 1 fully saturated rings. The van der Waals surface area contributed by atoms with E-state index in [1.54, 1.807) is 14.2 Å². The Hall–Kier alpha value is -2.26. The lowest BCUT2D eigenvalue weighted by molar-refractivity contribution is 0.282. The fourth-order valence-electron chi connectivity index (χ4n) is 3.57. The van der Waals surface area contributed by atoms with Crippen molar-refractivity contribution in [2.45, 2.75) is 38.7 Å². The largest absolute Gasteiger partial charge is 0.493 e. The molecule has 0 saturated heterocycles. The smallest absolute Gasteiger partial charge is 0.161 e. The van der Waals surface area contributed by atoms with E-state index in [0.29, 0.717) is 0 Å². The van der Waals surface area contributed by atoms with Crippen LogP contribution in [-0.4, -0.2) is 19.3 Å². The minimum atomic E-state index is 0.0720. The van der Waals surface area contributed by atoms with E-state index in [1.807, 2.05) is 18.2 Å². The van der Waals surface area contributed by atoms with E-state index in [2.05, 4.69) is 24.3 Å². The summed E-state index contributed by atoms with van der Waals surface area (Å²) in [7, 11) is 3.33. The standard InChI is InChI=1S/C22H26O3/c1-24-20-13-12-19(14-21(20)25-2)22(17-6-4-3-5-7-17)18-10-8-16(15-23)9-11-18/h8-14,23H,3-7,15H2,1-2H3. The first-order valence-electron chi connectivity index (χ1n) is 8.91. The molecule has 2 aromatic carbocycles. The maximum atomic E-state index is 9.32. The molecule has 1 N–H and O–H groups in total. The molecule has 0 amide bonds. The molecule has 1 saturated carbocycles. The summed E-state index contributed by atoms with van der Waals surface area (Å²) in [4.78, 5) is 0. The van der Waals surface area contributed by atoms with Crippen LogP contribution in [0, 0.1) is 0 Å². The van der Waals surface area contributed by atoms with E-state index in [9.17, 15) is 5.11 Å². The van der Waals surface area contributed by atoms with Gasteiger partial charge in [0.05, 0.1) is 20.8 Å². The van der Waals surface area contributed by atoms with Crippen molar-refractivity contribution in [3.8, 4) is 11.5 Å². The van der Waals surface area contributed by atoms with Gasteiger partial charge in [-0.25, -0.2) is 0 Å². The average Bonchev–Trinajstić information content (AvgIpc) is 2.69. The number of benzene rings is 2. The topological polar surface area (TPSA) is 38.7 Å². The molecular weight excluding hydrogens is 312 g/mol. The highest BCUT2D eigenvalue weighted by Gasteiger charge is 2.16. The highest BCUT2D eigenvalue weighted by atomic mass is 16.5. The number of aliphatic hydroxyl groups excluding tert-OH is 1. The second-order valence-electron chi connectivity index (χ2n) is 6.46. The van der Waals surface area contributed by atoms with Gasteiger partial charge < -0.3 is 14.6 Å². The molecule has 25 heavy (non-hydrogen) atoms. The number of hydrogen-bond acceptors (Lipinski definition) is 3. The molecule has 0 bridgehead atoms. The van der Waals surface area contributed by atoms with Crippen molar-refractivity contribution in [1.29, 1.82) is 0 Å². The molecule has 0 atom stereocenters. The molecule has 3 heteroatoms. The van der Waals surface area contributed by atoms with Gasteiger partial charge in [-0.3, -0.25) is 0 Å². The molecule has 0 spiro atoms. The molecule has 1 aliphatic carbocycles. The van der Waals surface area contributed by atoms with Gasteiger partial charge in [0.15, 0.2) is 11.5 Å². The van der Waals surface area contributed by atoms with Crippen LogP contribution in [0.5, 0.6) is 11.5 Å². The Labute approximate surface area is 149 Å². The molecule has 0 aromatic heterocycles. The van der Waals surface area contributed by atoms with E-state index in [0.717, 1.165) is 35.5 Å². The zero-order chi connectivity index (χ0) is 17.6. The Morgan fingerprint density at radius 3 is 2.08 bits per heavy atom. The molecule has 1 aliphatic rings. The predicted octanol–water partition coefficient (Wildman–Crippen LogP) is 4.96. The predicted molar refractivity (Wildman–Crippen MR) is 101 cm³/mol. The van der Waals surface area contributed by atoms with Crippen LogP contribution in [0.3, 0.4) is 0 Å². The molecule has 0 unspecified atom stereocenters. The third-order valence-electron chi connectivity index (χ3n) is 4.91. The quantitative estimate of drug-likeness (QED) is 0.837. The van der Waals surface area contributed by atoms with E-state index in [4.69, 9.17) is 9.47 Å². The average molecular weight is 338 g/mol. The highest BCUT2D eigenvalue weighted by molar-refractivity contribution is 5.83. The molecule has 3 rings (SSSR count). The van der Waals surface area contributed by atoms with Gasteiger partial charge in [0, 0.05) is 0 Å². The van der Waals surface area contributed by atoms with Crippen molar-refractivity contribution in [2.75, 3.05) is 14.2 Å². The van der Waals surface area contributed by atoms with Gasteiger partial charge in [-0.05, 0) is 60.1 Å². The van der Waals surface area contributed by atoms with Crippen LogP contribution in [0.1, 0.15) is 48.8 Å². The summed E-state index contributed by atoms with van der Waals surface area (Å²) < 4.78 is 10.9. The molecular formula is C22H26O3. The molecule has 0 aliphatic heterocycles. The Morgan fingerprint density at radius 2 is 1.48 bits per heavy atom. The van der Waals surface area contributed by atoms with Crippen molar-refractivity contribution in [1.82, 2.24) is 0 Å². The summed E-state index contributed by atoms with van der Waals surface area (Å²) in [6, 6.07) is 14.4. The maximum absolute atomic E-state index is 9.32. The molecule has 3 nitrogen and oxygen atoms in total. The number of rotatable bonds is 5.